The second kappa shape index (κ2) is 7.05. The fourth-order valence-electron chi connectivity index (χ4n) is 8.94. The molecule has 0 spiro atoms. The summed E-state index contributed by atoms with van der Waals surface area (Å²) >= 11 is 0. The van der Waals surface area contributed by atoms with Gasteiger partial charge in [-0.05, 0) is 107 Å². The van der Waals surface area contributed by atoms with Gasteiger partial charge in [0.05, 0.1) is 0 Å². The van der Waals surface area contributed by atoms with Gasteiger partial charge in [0.25, 0.3) is 0 Å². The largest absolute Gasteiger partial charge is 0.458 e. The van der Waals surface area contributed by atoms with Gasteiger partial charge in [0.15, 0.2) is 0 Å². The Morgan fingerprint density at radius 2 is 1.77 bits per heavy atom. The van der Waals surface area contributed by atoms with Gasteiger partial charge in [-0.25, -0.2) is 0 Å². The molecule has 1 saturated heterocycles. The molecule has 4 saturated carbocycles. The molecular formula is C26H41NO3. The van der Waals surface area contributed by atoms with E-state index in [9.17, 15) is 9.59 Å². The normalized spacial score (nSPS) is 51.2. The van der Waals surface area contributed by atoms with E-state index >= 15 is 0 Å². The van der Waals surface area contributed by atoms with E-state index in [1.807, 2.05) is 0 Å². The Morgan fingerprint density at radius 3 is 2.50 bits per heavy atom. The molecule has 168 valence electrons. The third-order valence-corrected chi connectivity index (χ3v) is 11.1. The second-order valence-corrected chi connectivity index (χ2v) is 12.2. The van der Waals surface area contributed by atoms with Crippen LogP contribution >= 0.6 is 0 Å². The molecular weight excluding hydrogens is 374 g/mol. The lowest BCUT2D eigenvalue weighted by Crippen LogP contribution is -2.57. The van der Waals surface area contributed by atoms with Gasteiger partial charge in [-0.3, -0.25) is 14.5 Å². The molecule has 4 aliphatic carbocycles. The highest BCUT2D eigenvalue weighted by molar-refractivity contribution is 5.79. The molecule has 4 heteroatoms. The monoisotopic (exact) mass is 415 g/mol. The first-order valence-electron chi connectivity index (χ1n) is 12.6. The SMILES string of the molecule is CN1CCCC1C(=O)OC1(C)CC[C@H]2C3CCC4CC(=O)CC[C@]4(C)[C@H]3CC[C@@]21C. The van der Waals surface area contributed by atoms with Crippen molar-refractivity contribution in [2.45, 2.75) is 103 Å². The molecule has 5 rings (SSSR count). The third kappa shape index (κ3) is 2.88. The molecule has 30 heavy (non-hydrogen) atoms. The number of hydrogen-bond donors (Lipinski definition) is 0. The molecule has 1 heterocycles. The van der Waals surface area contributed by atoms with E-state index in [0.717, 1.165) is 56.9 Å². The smallest absolute Gasteiger partial charge is 0.323 e. The summed E-state index contributed by atoms with van der Waals surface area (Å²) in [4.78, 5) is 27.4. The highest BCUT2D eigenvalue weighted by Crippen LogP contribution is 2.68. The number of hydrogen-bond acceptors (Lipinski definition) is 4. The summed E-state index contributed by atoms with van der Waals surface area (Å²) in [5.41, 5.74) is 0.110. The number of fused-ring (bicyclic) bond motifs is 5. The molecule has 0 aromatic carbocycles. The van der Waals surface area contributed by atoms with Crippen LogP contribution in [0.5, 0.6) is 0 Å². The van der Waals surface area contributed by atoms with Crippen LogP contribution in [0.2, 0.25) is 0 Å². The molecule has 5 aliphatic rings. The zero-order valence-corrected chi connectivity index (χ0v) is 19.5. The summed E-state index contributed by atoms with van der Waals surface area (Å²) in [6.07, 6.45) is 11.9. The van der Waals surface area contributed by atoms with Crippen molar-refractivity contribution in [1.29, 1.82) is 0 Å². The van der Waals surface area contributed by atoms with Gasteiger partial charge in [-0.2, -0.15) is 0 Å². The summed E-state index contributed by atoms with van der Waals surface area (Å²) in [6.45, 7) is 8.19. The predicted molar refractivity (Wildman–Crippen MR) is 117 cm³/mol. The van der Waals surface area contributed by atoms with E-state index in [0.29, 0.717) is 23.0 Å². The van der Waals surface area contributed by atoms with Crippen molar-refractivity contribution >= 4 is 11.8 Å². The number of rotatable bonds is 2. The molecule has 0 aromatic rings. The first kappa shape index (κ1) is 21.0. The van der Waals surface area contributed by atoms with Crippen LogP contribution in [-0.4, -0.2) is 41.9 Å². The Labute approximate surface area is 182 Å². The standard InChI is InChI=1S/C26H41NO3/c1-24-12-9-18(28)16-17(24)7-8-19-20(24)10-13-25(2)21(19)11-14-26(25,3)30-23(29)22-6-5-15-27(22)4/h17,19-22H,5-16H2,1-4H3/t17?,19?,20-,21-,22?,24-,25-,26?/m0/s1. The quantitative estimate of drug-likeness (QED) is 0.596. The second-order valence-electron chi connectivity index (χ2n) is 12.2. The maximum absolute atomic E-state index is 13.1. The van der Waals surface area contributed by atoms with E-state index in [4.69, 9.17) is 4.74 Å². The van der Waals surface area contributed by atoms with Crippen LogP contribution in [0.15, 0.2) is 0 Å². The molecule has 4 unspecified atom stereocenters. The van der Waals surface area contributed by atoms with Crippen molar-refractivity contribution in [2.75, 3.05) is 13.6 Å². The zero-order chi connectivity index (χ0) is 21.3. The van der Waals surface area contributed by atoms with Gasteiger partial charge < -0.3 is 4.74 Å². The summed E-state index contributed by atoms with van der Waals surface area (Å²) in [7, 11) is 2.06. The van der Waals surface area contributed by atoms with Gasteiger partial charge in [-0.1, -0.05) is 13.8 Å². The van der Waals surface area contributed by atoms with Crippen LogP contribution in [0.3, 0.4) is 0 Å². The Hall–Kier alpha value is -0.900. The Balaban J connectivity index is 1.36. The number of ketones is 1. The average Bonchev–Trinajstić information content (AvgIpc) is 3.23. The number of likely N-dealkylation sites (N-methyl/N-ethyl adjacent to an activating group) is 1. The topological polar surface area (TPSA) is 46.6 Å². The number of carbonyl (C=O) groups excluding carboxylic acids is 2. The summed E-state index contributed by atoms with van der Waals surface area (Å²) in [5, 5.41) is 0. The van der Waals surface area contributed by atoms with Gasteiger partial charge in [0, 0.05) is 18.3 Å². The molecule has 4 nitrogen and oxygen atoms in total. The van der Waals surface area contributed by atoms with Crippen molar-refractivity contribution in [3.63, 3.8) is 0 Å². The lowest BCUT2D eigenvalue weighted by atomic mass is 9.44. The molecule has 0 radical (unpaired) electrons. The number of esters is 1. The van der Waals surface area contributed by atoms with E-state index < -0.39 is 0 Å². The van der Waals surface area contributed by atoms with Gasteiger partial charge in [-0.15, -0.1) is 0 Å². The Morgan fingerprint density at radius 1 is 1.00 bits per heavy atom. The van der Waals surface area contributed by atoms with E-state index in [1.165, 1.54) is 32.1 Å². The number of likely N-dealkylation sites (tertiary alicyclic amines) is 1. The lowest BCUT2D eigenvalue weighted by molar-refractivity contribution is -0.189. The Bertz CT molecular complexity index is 736. The summed E-state index contributed by atoms with van der Waals surface area (Å²) in [5.74, 6) is 3.27. The van der Waals surface area contributed by atoms with Crippen LogP contribution in [0, 0.1) is 34.5 Å². The molecule has 0 amide bonds. The number of carbonyl (C=O) groups is 2. The fourth-order valence-corrected chi connectivity index (χ4v) is 8.94. The summed E-state index contributed by atoms with van der Waals surface area (Å²) < 4.78 is 6.43. The number of ether oxygens (including phenoxy) is 1. The van der Waals surface area contributed by atoms with E-state index in [2.05, 4.69) is 32.7 Å². The predicted octanol–water partition coefficient (Wildman–Crippen LogP) is 4.99. The molecule has 1 aliphatic heterocycles. The first-order valence-corrected chi connectivity index (χ1v) is 12.6. The van der Waals surface area contributed by atoms with E-state index in [-0.39, 0.29) is 23.0 Å². The number of nitrogens with zero attached hydrogens (tertiary/aromatic N) is 1. The molecule has 0 aromatic heterocycles. The van der Waals surface area contributed by atoms with Crippen LogP contribution in [-0.2, 0) is 14.3 Å². The molecule has 8 atom stereocenters. The molecule has 5 fully saturated rings. The van der Waals surface area contributed by atoms with Crippen LogP contribution in [0.25, 0.3) is 0 Å². The molecule has 0 bridgehead atoms. The fraction of sp³-hybridized carbons (Fsp3) is 0.923. The zero-order valence-electron chi connectivity index (χ0n) is 19.5. The Kier molecular flexibility index (Phi) is 4.93. The minimum Gasteiger partial charge on any atom is -0.458 e. The maximum atomic E-state index is 13.1. The number of Topliss-reactive ketones (excluding diaryl/α,β-unsaturated/α-hetero) is 1. The van der Waals surface area contributed by atoms with Gasteiger partial charge in [0.1, 0.15) is 17.4 Å². The first-order chi connectivity index (χ1) is 14.2. The van der Waals surface area contributed by atoms with Crippen LogP contribution in [0.1, 0.15) is 91.4 Å². The minimum atomic E-state index is -0.330. The highest BCUT2D eigenvalue weighted by atomic mass is 16.6. The third-order valence-electron chi connectivity index (χ3n) is 11.1. The minimum absolute atomic E-state index is 0.0166. The summed E-state index contributed by atoms with van der Waals surface area (Å²) in [6, 6.07) is -0.0464. The lowest BCUT2D eigenvalue weighted by Gasteiger charge is -2.61. The van der Waals surface area contributed by atoms with Crippen LogP contribution in [0.4, 0.5) is 0 Å². The van der Waals surface area contributed by atoms with E-state index in [1.54, 1.807) is 0 Å². The van der Waals surface area contributed by atoms with Crippen molar-refractivity contribution in [3.8, 4) is 0 Å². The van der Waals surface area contributed by atoms with Gasteiger partial charge in [0.2, 0.25) is 0 Å². The van der Waals surface area contributed by atoms with Crippen LogP contribution < -0.4 is 0 Å². The molecule has 0 N–H and O–H groups in total. The van der Waals surface area contributed by atoms with Crippen molar-refractivity contribution in [1.82, 2.24) is 4.90 Å². The highest BCUT2D eigenvalue weighted by Gasteiger charge is 2.65. The van der Waals surface area contributed by atoms with Gasteiger partial charge >= 0.3 is 5.97 Å². The maximum Gasteiger partial charge on any atom is 0.323 e. The van der Waals surface area contributed by atoms with Crippen molar-refractivity contribution < 1.29 is 14.3 Å². The average molecular weight is 416 g/mol. The van der Waals surface area contributed by atoms with Crippen molar-refractivity contribution in [3.05, 3.63) is 0 Å². The van der Waals surface area contributed by atoms with Crippen molar-refractivity contribution in [2.24, 2.45) is 34.5 Å².